The molecule has 1 saturated carbocycles. The largest absolute Gasteiger partial charge is 0.394 e. The third-order valence-corrected chi connectivity index (χ3v) is 3.32. The Bertz CT molecular complexity index is 405. The van der Waals surface area contributed by atoms with E-state index >= 15 is 0 Å². The minimum Gasteiger partial charge on any atom is -0.394 e. The zero-order valence-corrected chi connectivity index (χ0v) is 10.6. The van der Waals surface area contributed by atoms with Gasteiger partial charge in [-0.15, -0.1) is 0 Å². The topological polar surface area (TPSA) is 93.3 Å². The summed E-state index contributed by atoms with van der Waals surface area (Å²) in [6.45, 7) is 0.433. The van der Waals surface area contributed by atoms with Gasteiger partial charge in [0.1, 0.15) is 18.2 Å². The summed E-state index contributed by atoms with van der Waals surface area (Å²) in [5.74, 6) is 1.61. The lowest BCUT2D eigenvalue weighted by Crippen LogP contribution is -2.39. The van der Waals surface area contributed by atoms with Gasteiger partial charge in [0.05, 0.1) is 12.1 Å². The van der Waals surface area contributed by atoms with Crippen molar-refractivity contribution >= 4 is 11.6 Å². The van der Waals surface area contributed by atoms with Gasteiger partial charge in [-0.05, 0) is 12.8 Å². The number of aromatic nitrogens is 2. The maximum Gasteiger partial charge on any atom is 0.158 e. The van der Waals surface area contributed by atoms with E-state index in [4.69, 9.17) is 10.5 Å². The normalized spacial score (nSPS) is 17.9. The second-order valence-electron chi connectivity index (χ2n) is 4.80. The number of methoxy groups -OCH3 is 1. The van der Waals surface area contributed by atoms with E-state index in [-0.39, 0.29) is 12.1 Å². The molecular weight excluding hydrogens is 232 g/mol. The number of hydrogen-bond donors (Lipinski definition) is 3. The molecule has 0 spiro atoms. The number of aliphatic hydroxyl groups is 1. The number of nitrogens with one attached hydrogen (secondary N) is 1. The molecule has 4 N–H and O–H groups in total. The van der Waals surface area contributed by atoms with E-state index < -0.39 is 0 Å². The Morgan fingerprint density at radius 2 is 2.17 bits per heavy atom. The Balaban J connectivity index is 2.17. The van der Waals surface area contributed by atoms with E-state index in [1.807, 2.05) is 0 Å². The van der Waals surface area contributed by atoms with E-state index in [1.54, 1.807) is 13.2 Å². The van der Waals surface area contributed by atoms with Crippen LogP contribution in [-0.4, -0.2) is 34.3 Å². The standard InChI is InChI=1S/C12H20N4O2/c1-18-7-11-14-9(13)6-10(15-11)16-12(8-17)4-2-3-5-12/h6,17H,2-5,7-8H2,1H3,(H3,13,14,15,16). The van der Waals surface area contributed by atoms with Crippen LogP contribution in [0.4, 0.5) is 11.6 Å². The van der Waals surface area contributed by atoms with Gasteiger partial charge in [-0.1, -0.05) is 12.8 Å². The van der Waals surface area contributed by atoms with Crippen molar-refractivity contribution in [3.63, 3.8) is 0 Å². The van der Waals surface area contributed by atoms with Gasteiger partial charge in [0.15, 0.2) is 5.82 Å². The number of nitrogens with zero attached hydrogens (tertiary/aromatic N) is 2. The SMILES string of the molecule is COCc1nc(N)cc(NC2(CO)CCCC2)n1. The van der Waals surface area contributed by atoms with E-state index in [0.29, 0.717) is 24.1 Å². The van der Waals surface area contributed by atoms with Crippen LogP contribution in [0.1, 0.15) is 31.5 Å². The quantitative estimate of drug-likeness (QED) is 0.721. The number of ether oxygens (including phenoxy) is 1. The third kappa shape index (κ3) is 2.88. The third-order valence-electron chi connectivity index (χ3n) is 3.32. The fourth-order valence-corrected chi connectivity index (χ4v) is 2.42. The summed E-state index contributed by atoms with van der Waals surface area (Å²) in [7, 11) is 1.59. The molecule has 1 aliphatic carbocycles. The Morgan fingerprint density at radius 1 is 1.44 bits per heavy atom. The number of anilines is 2. The van der Waals surface area contributed by atoms with Gasteiger partial charge in [-0.3, -0.25) is 0 Å². The molecule has 0 saturated heterocycles. The maximum absolute atomic E-state index is 9.56. The van der Waals surface area contributed by atoms with Gasteiger partial charge in [0.25, 0.3) is 0 Å². The molecule has 1 heterocycles. The molecule has 0 unspecified atom stereocenters. The van der Waals surface area contributed by atoms with E-state index in [0.717, 1.165) is 25.7 Å². The first-order valence-electron chi connectivity index (χ1n) is 6.19. The maximum atomic E-state index is 9.56. The molecule has 2 rings (SSSR count). The fourth-order valence-electron chi connectivity index (χ4n) is 2.42. The molecule has 18 heavy (non-hydrogen) atoms. The molecule has 0 amide bonds. The first kappa shape index (κ1) is 13.0. The highest BCUT2D eigenvalue weighted by molar-refractivity contribution is 5.46. The second-order valence-corrected chi connectivity index (χ2v) is 4.80. The molecule has 0 aromatic carbocycles. The van der Waals surface area contributed by atoms with Crippen LogP contribution in [0.25, 0.3) is 0 Å². The molecule has 0 atom stereocenters. The lowest BCUT2D eigenvalue weighted by molar-refractivity contribution is 0.178. The van der Waals surface area contributed by atoms with Crippen molar-refractivity contribution < 1.29 is 9.84 Å². The molecule has 100 valence electrons. The zero-order chi connectivity index (χ0) is 13.0. The van der Waals surface area contributed by atoms with Crippen LogP contribution < -0.4 is 11.1 Å². The average molecular weight is 252 g/mol. The first-order chi connectivity index (χ1) is 8.67. The highest BCUT2D eigenvalue weighted by Gasteiger charge is 2.33. The molecule has 6 heteroatoms. The summed E-state index contributed by atoms with van der Waals surface area (Å²) in [6, 6.07) is 1.69. The van der Waals surface area contributed by atoms with Gasteiger partial charge < -0.3 is 20.9 Å². The van der Waals surface area contributed by atoms with Crippen molar-refractivity contribution in [2.45, 2.75) is 37.8 Å². The summed E-state index contributed by atoms with van der Waals surface area (Å²) in [4.78, 5) is 8.43. The van der Waals surface area contributed by atoms with Gasteiger partial charge in [0, 0.05) is 13.2 Å². The summed E-state index contributed by atoms with van der Waals surface area (Å²) in [5.41, 5.74) is 5.48. The molecule has 1 aromatic heterocycles. The van der Waals surface area contributed by atoms with Crippen LogP contribution >= 0.6 is 0 Å². The van der Waals surface area contributed by atoms with Crippen molar-refractivity contribution in [2.75, 3.05) is 24.8 Å². The number of aliphatic hydroxyl groups excluding tert-OH is 1. The Kier molecular flexibility index (Phi) is 3.98. The Labute approximate surface area is 107 Å². The number of rotatable bonds is 5. The molecule has 1 aliphatic rings. The minimum atomic E-state index is -0.259. The van der Waals surface area contributed by atoms with Crippen LogP contribution in [0.15, 0.2) is 6.07 Å². The molecule has 1 fully saturated rings. The lowest BCUT2D eigenvalue weighted by atomic mass is 9.99. The Morgan fingerprint density at radius 3 is 2.78 bits per heavy atom. The zero-order valence-electron chi connectivity index (χ0n) is 10.6. The van der Waals surface area contributed by atoms with Crippen molar-refractivity contribution in [3.05, 3.63) is 11.9 Å². The van der Waals surface area contributed by atoms with E-state index in [9.17, 15) is 5.11 Å². The van der Waals surface area contributed by atoms with Gasteiger partial charge in [0.2, 0.25) is 0 Å². The molecule has 6 nitrogen and oxygen atoms in total. The number of nitrogen functional groups attached to an aromatic ring is 1. The van der Waals surface area contributed by atoms with Crippen LogP contribution in [0, 0.1) is 0 Å². The summed E-state index contributed by atoms with van der Waals surface area (Å²) >= 11 is 0. The first-order valence-corrected chi connectivity index (χ1v) is 6.19. The minimum absolute atomic E-state index is 0.108. The predicted octanol–water partition coefficient (Wildman–Crippen LogP) is 0.922. The summed E-state index contributed by atoms with van der Waals surface area (Å²) in [6.07, 6.45) is 4.15. The fraction of sp³-hybridized carbons (Fsp3) is 0.667. The monoisotopic (exact) mass is 252 g/mol. The molecule has 1 aromatic rings. The highest BCUT2D eigenvalue weighted by Crippen LogP contribution is 2.32. The summed E-state index contributed by atoms with van der Waals surface area (Å²) < 4.78 is 5.00. The molecule has 0 radical (unpaired) electrons. The van der Waals surface area contributed by atoms with Gasteiger partial charge in [-0.25, -0.2) is 9.97 Å². The van der Waals surface area contributed by atoms with Crippen molar-refractivity contribution in [3.8, 4) is 0 Å². The predicted molar refractivity (Wildman–Crippen MR) is 69.1 cm³/mol. The number of nitrogens with two attached hydrogens (primary N) is 1. The lowest BCUT2D eigenvalue weighted by Gasteiger charge is -2.28. The van der Waals surface area contributed by atoms with Crippen molar-refractivity contribution in [2.24, 2.45) is 0 Å². The molecule has 0 bridgehead atoms. The smallest absolute Gasteiger partial charge is 0.158 e. The van der Waals surface area contributed by atoms with Crippen LogP contribution in [0.5, 0.6) is 0 Å². The van der Waals surface area contributed by atoms with Crippen LogP contribution in [0.3, 0.4) is 0 Å². The number of hydrogen-bond acceptors (Lipinski definition) is 6. The second kappa shape index (κ2) is 5.49. The van der Waals surface area contributed by atoms with Crippen molar-refractivity contribution in [1.82, 2.24) is 9.97 Å². The molecular formula is C12H20N4O2. The van der Waals surface area contributed by atoms with Crippen LogP contribution in [-0.2, 0) is 11.3 Å². The molecule has 0 aliphatic heterocycles. The van der Waals surface area contributed by atoms with E-state index in [1.165, 1.54) is 0 Å². The van der Waals surface area contributed by atoms with Gasteiger partial charge >= 0.3 is 0 Å². The highest BCUT2D eigenvalue weighted by atomic mass is 16.5. The van der Waals surface area contributed by atoms with Crippen molar-refractivity contribution in [1.29, 1.82) is 0 Å². The van der Waals surface area contributed by atoms with E-state index in [2.05, 4.69) is 15.3 Å². The Hall–Kier alpha value is -1.40. The van der Waals surface area contributed by atoms with Crippen LogP contribution in [0.2, 0.25) is 0 Å². The summed E-state index contributed by atoms with van der Waals surface area (Å²) in [5, 5.41) is 12.9. The van der Waals surface area contributed by atoms with Gasteiger partial charge in [-0.2, -0.15) is 0 Å². The average Bonchev–Trinajstić information content (AvgIpc) is 2.78.